The molecule has 5 heteroatoms. The van der Waals surface area contributed by atoms with Gasteiger partial charge in [-0.1, -0.05) is 89.0 Å². The van der Waals surface area contributed by atoms with E-state index in [2.05, 4.69) is 17.2 Å². The zero-order valence-electron chi connectivity index (χ0n) is 19.9. The first-order chi connectivity index (χ1) is 15.8. The van der Waals surface area contributed by atoms with E-state index in [4.69, 9.17) is 14.6 Å². The number of ether oxygens (including phenoxy) is 2. The predicted octanol–water partition coefficient (Wildman–Crippen LogP) is 7.65. The van der Waals surface area contributed by atoms with Gasteiger partial charge in [0.15, 0.2) is 5.79 Å². The lowest BCUT2D eigenvalue weighted by atomic mass is 10.1. The van der Waals surface area contributed by atoms with Crippen molar-refractivity contribution in [1.82, 2.24) is 0 Å². The van der Waals surface area contributed by atoms with Gasteiger partial charge in [0.05, 0.1) is 24.6 Å². The first kappa shape index (κ1) is 26.4. The molecule has 0 spiro atoms. The van der Waals surface area contributed by atoms with Gasteiger partial charge in [-0.2, -0.15) is 10.2 Å². The van der Waals surface area contributed by atoms with Gasteiger partial charge in [-0.15, -0.1) is 0 Å². The Kier molecular flexibility index (Phi) is 13.8. The molecule has 1 aliphatic rings. The third-order valence-corrected chi connectivity index (χ3v) is 5.63. The van der Waals surface area contributed by atoms with Gasteiger partial charge >= 0.3 is 0 Å². The van der Waals surface area contributed by atoms with Crippen molar-refractivity contribution in [3.63, 3.8) is 0 Å². The molecule has 1 unspecified atom stereocenters. The van der Waals surface area contributed by atoms with Crippen LogP contribution < -0.4 is 0 Å². The van der Waals surface area contributed by atoms with Crippen molar-refractivity contribution in [1.29, 1.82) is 0 Å². The summed E-state index contributed by atoms with van der Waals surface area (Å²) < 4.78 is 12.2. The van der Waals surface area contributed by atoms with Crippen LogP contribution in [0.15, 0.2) is 64.5 Å². The Balaban J connectivity index is 1.70. The first-order valence-electron chi connectivity index (χ1n) is 12.5. The van der Waals surface area contributed by atoms with Gasteiger partial charge in [0.1, 0.15) is 0 Å². The molecule has 1 aliphatic carbocycles. The normalized spacial score (nSPS) is 18.4. The van der Waals surface area contributed by atoms with E-state index in [9.17, 15) is 0 Å². The number of nitrogens with zero attached hydrogens (tertiary/aromatic N) is 2. The average Bonchev–Trinajstić information content (AvgIpc) is 2.83. The number of benzene rings is 1. The van der Waals surface area contributed by atoms with E-state index >= 15 is 0 Å². The highest BCUT2D eigenvalue weighted by Gasteiger charge is 2.30. The number of unbranched alkanes of at least 4 members (excludes halogenated alkanes) is 9. The van der Waals surface area contributed by atoms with Gasteiger partial charge in [0.2, 0.25) is 0 Å². The molecular formula is C27H42N2O3. The molecule has 5 nitrogen and oxygen atoms in total. The van der Waals surface area contributed by atoms with E-state index in [1.165, 1.54) is 57.8 Å². The highest BCUT2D eigenvalue weighted by molar-refractivity contribution is 5.35. The minimum atomic E-state index is -0.764. The monoisotopic (exact) mass is 442 g/mol. The van der Waals surface area contributed by atoms with Gasteiger partial charge in [0, 0.05) is 13.0 Å². The molecule has 0 fully saturated rings. The van der Waals surface area contributed by atoms with Crippen molar-refractivity contribution in [2.75, 3.05) is 19.8 Å². The molecule has 0 bridgehead atoms. The summed E-state index contributed by atoms with van der Waals surface area (Å²) in [6.07, 6.45) is 20.1. The highest BCUT2D eigenvalue weighted by Crippen LogP contribution is 2.28. The Morgan fingerprint density at radius 2 is 1.44 bits per heavy atom. The molecule has 1 aromatic carbocycles. The Morgan fingerprint density at radius 1 is 0.812 bits per heavy atom. The van der Waals surface area contributed by atoms with Crippen molar-refractivity contribution in [2.24, 2.45) is 10.2 Å². The van der Waals surface area contributed by atoms with Crippen molar-refractivity contribution >= 4 is 5.69 Å². The minimum absolute atomic E-state index is 0.116. The molecule has 178 valence electrons. The Morgan fingerprint density at radius 3 is 2.03 bits per heavy atom. The van der Waals surface area contributed by atoms with Gasteiger partial charge in [-0.3, -0.25) is 0 Å². The summed E-state index contributed by atoms with van der Waals surface area (Å²) in [6, 6.07) is 9.70. The van der Waals surface area contributed by atoms with E-state index in [-0.39, 0.29) is 6.61 Å². The molecule has 0 radical (unpaired) electrons. The lowest BCUT2D eigenvalue weighted by molar-refractivity contribution is -0.204. The summed E-state index contributed by atoms with van der Waals surface area (Å²) >= 11 is 0. The Hall–Kier alpha value is -1.82. The molecule has 0 saturated heterocycles. The van der Waals surface area contributed by atoms with Crippen LogP contribution in [0.5, 0.6) is 0 Å². The maximum Gasteiger partial charge on any atom is 0.191 e. The van der Waals surface area contributed by atoms with Crippen molar-refractivity contribution in [2.45, 2.75) is 89.8 Å². The van der Waals surface area contributed by atoms with Gasteiger partial charge in [-0.05, 0) is 37.1 Å². The fourth-order valence-corrected chi connectivity index (χ4v) is 3.68. The minimum Gasteiger partial charge on any atom is -0.396 e. The second-order valence-electron chi connectivity index (χ2n) is 8.47. The van der Waals surface area contributed by atoms with Crippen LogP contribution in [-0.2, 0) is 9.47 Å². The van der Waals surface area contributed by atoms with Crippen LogP contribution in [0.1, 0.15) is 84.0 Å². The molecule has 2 rings (SSSR count). The van der Waals surface area contributed by atoms with Crippen molar-refractivity contribution in [3.05, 3.63) is 54.3 Å². The van der Waals surface area contributed by atoms with Crippen LogP contribution in [0.25, 0.3) is 0 Å². The van der Waals surface area contributed by atoms with Gasteiger partial charge in [-0.25, -0.2) is 0 Å². The van der Waals surface area contributed by atoms with Crippen LogP contribution in [0.4, 0.5) is 5.69 Å². The van der Waals surface area contributed by atoms with Crippen molar-refractivity contribution in [3.8, 4) is 0 Å². The molecule has 0 saturated carbocycles. The van der Waals surface area contributed by atoms with E-state index in [0.29, 0.717) is 26.1 Å². The zero-order valence-corrected chi connectivity index (χ0v) is 19.9. The van der Waals surface area contributed by atoms with Crippen LogP contribution in [0, 0.1) is 0 Å². The molecular weight excluding hydrogens is 400 g/mol. The summed E-state index contributed by atoms with van der Waals surface area (Å²) in [4.78, 5) is 0. The van der Waals surface area contributed by atoms with E-state index in [0.717, 1.165) is 17.8 Å². The molecule has 1 N–H and O–H groups in total. The van der Waals surface area contributed by atoms with E-state index < -0.39 is 5.79 Å². The number of hydrogen-bond donors (Lipinski definition) is 1. The first-order valence-corrected chi connectivity index (χ1v) is 12.5. The van der Waals surface area contributed by atoms with Gasteiger partial charge < -0.3 is 14.6 Å². The maximum atomic E-state index is 9.10. The van der Waals surface area contributed by atoms with Crippen LogP contribution in [0.3, 0.4) is 0 Å². The average molecular weight is 443 g/mol. The molecule has 0 amide bonds. The summed E-state index contributed by atoms with van der Waals surface area (Å²) in [7, 11) is 0. The molecule has 0 aliphatic heterocycles. The summed E-state index contributed by atoms with van der Waals surface area (Å²) in [5.41, 5.74) is 1.63. The standard InChI is InChI=1S/C27H42N2O3/c1-2-3-4-5-6-7-8-9-10-14-23-31-27(32-24-15-22-30)20-18-26(19-21-27)29-28-25-16-12-11-13-17-25/h11-13,16-20,30H,2-10,14-15,21-24H2,1H3. The third-order valence-electron chi connectivity index (χ3n) is 5.63. The summed E-state index contributed by atoms with van der Waals surface area (Å²) in [5, 5.41) is 17.7. The number of allylic oxidation sites excluding steroid dienone is 1. The van der Waals surface area contributed by atoms with Gasteiger partial charge in [0.25, 0.3) is 0 Å². The highest BCUT2D eigenvalue weighted by atomic mass is 16.7. The lowest BCUT2D eigenvalue weighted by Crippen LogP contribution is -2.35. The number of aliphatic hydroxyl groups is 1. The zero-order chi connectivity index (χ0) is 22.7. The quantitative estimate of drug-likeness (QED) is 0.144. The van der Waals surface area contributed by atoms with Crippen LogP contribution >= 0.6 is 0 Å². The number of azo groups is 1. The Bertz CT molecular complexity index is 687. The molecule has 32 heavy (non-hydrogen) atoms. The third kappa shape index (κ3) is 11.2. The maximum absolute atomic E-state index is 9.10. The fraction of sp³-hybridized carbons (Fsp3) is 0.630. The second kappa shape index (κ2) is 16.8. The predicted molar refractivity (Wildman–Crippen MR) is 131 cm³/mol. The smallest absolute Gasteiger partial charge is 0.191 e. The van der Waals surface area contributed by atoms with Crippen LogP contribution in [-0.4, -0.2) is 30.7 Å². The summed E-state index contributed by atoms with van der Waals surface area (Å²) in [5.74, 6) is -0.764. The largest absolute Gasteiger partial charge is 0.396 e. The topological polar surface area (TPSA) is 63.4 Å². The number of rotatable bonds is 18. The second-order valence-corrected chi connectivity index (χ2v) is 8.47. The molecule has 1 atom stereocenters. The fourth-order valence-electron chi connectivity index (χ4n) is 3.68. The van der Waals surface area contributed by atoms with E-state index in [1.807, 2.05) is 48.6 Å². The van der Waals surface area contributed by atoms with Crippen LogP contribution in [0.2, 0.25) is 0 Å². The Labute approximate surface area is 194 Å². The molecule has 0 heterocycles. The van der Waals surface area contributed by atoms with Crippen molar-refractivity contribution < 1.29 is 14.6 Å². The lowest BCUT2D eigenvalue weighted by Gasteiger charge is -2.32. The molecule has 1 aromatic rings. The molecule has 0 aromatic heterocycles. The van der Waals surface area contributed by atoms with E-state index in [1.54, 1.807) is 0 Å². The number of aliphatic hydroxyl groups excluding tert-OH is 1. The summed E-state index contributed by atoms with van der Waals surface area (Å²) in [6.45, 7) is 3.52. The number of hydrogen-bond acceptors (Lipinski definition) is 5. The SMILES string of the molecule is CCCCCCCCCCCCOC1(OCCCO)C=CC(N=Nc2ccccc2)=CC1.